The zero-order valence-electron chi connectivity index (χ0n) is 10.1. The molecular formula is C13H8Cl2N4O. The Labute approximate surface area is 127 Å². The van der Waals surface area contributed by atoms with E-state index in [9.17, 15) is 4.79 Å². The van der Waals surface area contributed by atoms with Gasteiger partial charge in [0.15, 0.2) is 9.95 Å². The molecule has 2 aromatic rings. The van der Waals surface area contributed by atoms with E-state index in [2.05, 4.69) is 9.95 Å². The van der Waals surface area contributed by atoms with Crippen molar-refractivity contribution in [2.24, 2.45) is 0 Å². The van der Waals surface area contributed by atoms with E-state index in [-0.39, 0.29) is 53.1 Å². The molecule has 7 heteroatoms. The van der Waals surface area contributed by atoms with Crippen LogP contribution >= 0.6 is 0 Å². The van der Waals surface area contributed by atoms with Gasteiger partial charge in [0.25, 0.3) is 0 Å². The van der Waals surface area contributed by atoms with Crippen molar-refractivity contribution in [1.82, 2.24) is 0 Å². The lowest BCUT2D eigenvalue weighted by molar-refractivity contribution is -0.00100. The van der Waals surface area contributed by atoms with E-state index in [1.54, 1.807) is 36.4 Å². The Kier molecular flexibility index (Phi) is 6.88. The first-order valence-corrected chi connectivity index (χ1v) is 5.21. The van der Waals surface area contributed by atoms with Crippen LogP contribution < -0.4 is 24.8 Å². The van der Waals surface area contributed by atoms with E-state index in [0.29, 0.717) is 0 Å². The van der Waals surface area contributed by atoms with E-state index >= 15 is 0 Å². The summed E-state index contributed by atoms with van der Waals surface area (Å²) in [7, 11) is 0. The lowest BCUT2D eigenvalue weighted by Gasteiger charge is -1.95. The second-order valence-electron chi connectivity index (χ2n) is 3.56. The molecule has 0 aromatic heterocycles. The molecule has 0 fully saturated rings. The number of diazo groups is 2. The van der Waals surface area contributed by atoms with Crippen LogP contribution in [0.4, 0.5) is 11.4 Å². The number of benzene rings is 2. The van der Waals surface area contributed by atoms with Gasteiger partial charge in [0, 0.05) is 12.1 Å². The van der Waals surface area contributed by atoms with Gasteiger partial charge < -0.3 is 24.8 Å². The molecule has 0 N–H and O–H groups in total. The van der Waals surface area contributed by atoms with Crippen LogP contribution in [0.5, 0.6) is 0 Å². The average molecular weight is 307 g/mol. The minimum Gasteiger partial charge on any atom is -1.00 e. The summed E-state index contributed by atoms with van der Waals surface area (Å²) < 4.78 is 0. The highest BCUT2D eigenvalue weighted by molar-refractivity contribution is 6.15. The van der Waals surface area contributed by atoms with E-state index in [4.69, 9.17) is 10.8 Å². The number of hydrogen-bond donors (Lipinski definition) is 0. The van der Waals surface area contributed by atoms with Crippen LogP contribution in [0.2, 0.25) is 0 Å². The molecule has 100 valence electrons. The molecule has 0 unspecified atom stereocenters. The second kappa shape index (κ2) is 7.85. The fourth-order valence-corrected chi connectivity index (χ4v) is 1.65. The maximum absolute atomic E-state index is 12.3. The van der Waals surface area contributed by atoms with Crippen molar-refractivity contribution in [1.29, 1.82) is 10.8 Å². The van der Waals surface area contributed by atoms with Gasteiger partial charge in [-0.05, 0) is 12.1 Å². The first-order valence-electron chi connectivity index (χ1n) is 5.21. The lowest BCUT2D eigenvalue weighted by atomic mass is 10.0. The summed E-state index contributed by atoms with van der Waals surface area (Å²) in [5, 5.41) is 17.7. The van der Waals surface area contributed by atoms with Gasteiger partial charge in [-0.3, -0.25) is 4.79 Å². The summed E-state index contributed by atoms with van der Waals surface area (Å²) in [5.41, 5.74) is 0.845. The summed E-state index contributed by atoms with van der Waals surface area (Å²) in [4.78, 5) is 18.4. The molecule has 0 amide bonds. The van der Waals surface area contributed by atoms with Crippen LogP contribution in [0, 0.1) is 10.8 Å². The fourth-order valence-electron chi connectivity index (χ4n) is 1.65. The largest absolute Gasteiger partial charge is 1.00 e. The highest BCUT2D eigenvalue weighted by Crippen LogP contribution is 2.26. The number of ketones is 1. The number of carbonyl (C=O) groups excluding carboxylic acids is 1. The molecule has 0 saturated carbocycles. The quantitative estimate of drug-likeness (QED) is 0.471. The van der Waals surface area contributed by atoms with Gasteiger partial charge >= 0.3 is 11.4 Å². The van der Waals surface area contributed by atoms with Gasteiger partial charge in [0.05, 0.1) is 0 Å². The molecule has 20 heavy (non-hydrogen) atoms. The molecule has 0 aliphatic carbocycles. The molecular weight excluding hydrogens is 299 g/mol. The lowest BCUT2D eigenvalue weighted by Crippen LogP contribution is -3.00. The van der Waals surface area contributed by atoms with Crippen molar-refractivity contribution in [3.63, 3.8) is 0 Å². The predicted octanol–water partition coefficient (Wildman–Crippen LogP) is -2.11. The molecule has 0 bridgehead atoms. The molecule has 0 radical (unpaired) electrons. The van der Waals surface area contributed by atoms with Crippen molar-refractivity contribution in [3.05, 3.63) is 69.6 Å². The van der Waals surface area contributed by atoms with Crippen molar-refractivity contribution in [3.8, 4) is 0 Å². The van der Waals surface area contributed by atoms with Gasteiger partial charge in [0.1, 0.15) is 11.1 Å². The average Bonchev–Trinajstić information content (AvgIpc) is 2.46. The minimum atomic E-state index is -0.364. The van der Waals surface area contributed by atoms with E-state index < -0.39 is 0 Å². The molecule has 0 atom stereocenters. The maximum Gasteiger partial charge on any atom is 0.396 e. The van der Waals surface area contributed by atoms with Gasteiger partial charge in [-0.2, -0.15) is 0 Å². The van der Waals surface area contributed by atoms with Crippen molar-refractivity contribution >= 4 is 17.2 Å². The Morgan fingerprint density at radius 1 is 0.750 bits per heavy atom. The third-order valence-electron chi connectivity index (χ3n) is 2.51. The van der Waals surface area contributed by atoms with Gasteiger partial charge in [-0.1, -0.05) is 24.3 Å². The number of nitrogens with zero attached hydrogens (tertiary/aromatic N) is 4. The minimum absolute atomic E-state index is 0. The van der Waals surface area contributed by atoms with Crippen LogP contribution in [-0.2, 0) is 0 Å². The van der Waals surface area contributed by atoms with Gasteiger partial charge in [-0.15, -0.1) is 0 Å². The highest BCUT2D eigenvalue weighted by Gasteiger charge is 2.26. The first-order chi connectivity index (χ1) is 8.77. The van der Waals surface area contributed by atoms with E-state index in [0.717, 1.165) is 0 Å². The summed E-state index contributed by atoms with van der Waals surface area (Å²) in [6.07, 6.45) is 0. The van der Waals surface area contributed by atoms with Crippen LogP contribution in [0.3, 0.4) is 0 Å². The molecule has 2 aromatic carbocycles. The van der Waals surface area contributed by atoms with E-state index in [1.807, 2.05) is 0 Å². The molecule has 0 aliphatic heterocycles. The highest BCUT2D eigenvalue weighted by atomic mass is 35.5. The molecule has 0 spiro atoms. The summed E-state index contributed by atoms with van der Waals surface area (Å²) in [6.45, 7) is 0. The fraction of sp³-hybridized carbons (Fsp3) is 0. The smallest absolute Gasteiger partial charge is 0.396 e. The normalized spacial score (nSPS) is 8.30. The summed E-state index contributed by atoms with van der Waals surface area (Å²) in [5.74, 6) is -0.364. The SMILES string of the molecule is N#[N+]c1ccccc1C(=O)c1ccccc1[N+]#N.[Cl-].[Cl-]. The number of halogens is 2. The van der Waals surface area contributed by atoms with Crippen LogP contribution in [0.1, 0.15) is 15.9 Å². The van der Waals surface area contributed by atoms with Crippen LogP contribution in [0.25, 0.3) is 9.95 Å². The Hall–Kier alpha value is -2.47. The summed E-state index contributed by atoms with van der Waals surface area (Å²) in [6, 6.07) is 12.8. The predicted molar refractivity (Wildman–Crippen MR) is 65.8 cm³/mol. The zero-order chi connectivity index (χ0) is 13.0. The Balaban J connectivity index is 0.00000180. The molecule has 5 nitrogen and oxygen atoms in total. The molecule has 0 saturated heterocycles. The number of rotatable bonds is 2. The second-order valence-corrected chi connectivity index (χ2v) is 3.56. The topological polar surface area (TPSA) is 73.4 Å². The molecule has 2 rings (SSSR count). The monoisotopic (exact) mass is 306 g/mol. The molecule has 0 heterocycles. The first kappa shape index (κ1) is 17.5. The third-order valence-corrected chi connectivity index (χ3v) is 2.51. The van der Waals surface area contributed by atoms with Gasteiger partial charge in [-0.25, -0.2) is 0 Å². The Bertz CT molecular complexity index is 645. The van der Waals surface area contributed by atoms with Crippen molar-refractivity contribution in [2.45, 2.75) is 0 Å². The van der Waals surface area contributed by atoms with E-state index in [1.165, 1.54) is 12.1 Å². The number of carbonyl (C=O) groups is 1. The maximum atomic E-state index is 12.3. The van der Waals surface area contributed by atoms with Crippen LogP contribution in [-0.4, -0.2) is 5.78 Å². The molecule has 0 aliphatic rings. The standard InChI is InChI=1S/C13H8N4O.2ClH/c14-16-11-7-3-1-5-9(11)13(18)10-6-2-4-8-12(10)17-15;;/h1-8H;2*1H/q+2;;/p-2. The van der Waals surface area contributed by atoms with Crippen molar-refractivity contribution < 1.29 is 29.6 Å². The Morgan fingerprint density at radius 2 is 1.10 bits per heavy atom. The number of hydrogen-bond acceptors (Lipinski definition) is 3. The van der Waals surface area contributed by atoms with Crippen molar-refractivity contribution in [2.75, 3.05) is 0 Å². The third kappa shape index (κ3) is 3.30. The zero-order valence-corrected chi connectivity index (χ0v) is 11.6. The Morgan fingerprint density at radius 3 is 1.45 bits per heavy atom. The van der Waals surface area contributed by atoms with Gasteiger partial charge in [0.2, 0.25) is 16.6 Å². The van der Waals surface area contributed by atoms with Crippen LogP contribution in [0.15, 0.2) is 48.5 Å². The summed E-state index contributed by atoms with van der Waals surface area (Å²) >= 11 is 0.